The summed E-state index contributed by atoms with van der Waals surface area (Å²) >= 11 is 1.46. The van der Waals surface area contributed by atoms with Gasteiger partial charge in [-0.15, -0.1) is 11.8 Å². The number of sulfone groups is 1. The molecule has 0 saturated carbocycles. The molecule has 140 valence electrons. The standard InChI is InChI=1S/C19H22FNO3S2/c1-3-18(15-6-10-17(11-7-15)26(2,23)24)21-19(22)13-25-12-14-4-8-16(20)9-5-14/h4-11,18H,3,12-13H2,1-2H3,(H,21,22)/t18-/m1/s1. The zero-order chi connectivity index (χ0) is 19.2. The summed E-state index contributed by atoms with van der Waals surface area (Å²) in [6, 6.07) is 12.6. The maximum absolute atomic E-state index is 12.9. The maximum Gasteiger partial charge on any atom is 0.230 e. The lowest BCUT2D eigenvalue weighted by Gasteiger charge is -2.17. The number of carbonyl (C=O) groups excluding carboxylic acids is 1. The van der Waals surface area contributed by atoms with Gasteiger partial charge in [-0.1, -0.05) is 31.2 Å². The molecule has 2 rings (SSSR count). The van der Waals surface area contributed by atoms with Crippen LogP contribution in [0.3, 0.4) is 0 Å². The van der Waals surface area contributed by atoms with Gasteiger partial charge >= 0.3 is 0 Å². The second kappa shape index (κ2) is 9.19. The molecule has 2 aromatic rings. The minimum absolute atomic E-state index is 0.0869. The third kappa shape index (κ3) is 6.14. The lowest BCUT2D eigenvalue weighted by atomic mass is 10.0. The predicted octanol–water partition coefficient (Wildman–Crippen LogP) is 3.73. The van der Waals surface area contributed by atoms with Gasteiger partial charge in [-0.25, -0.2) is 12.8 Å². The lowest BCUT2D eigenvalue weighted by Crippen LogP contribution is -2.29. The number of thioether (sulfide) groups is 1. The van der Waals surface area contributed by atoms with Crippen LogP contribution in [0, 0.1) is 5.82 Å². The normalized spacial score (nSPS) is 12.6. The van der Waals surface area contributed by atoms with E-state index in [1.165, 1.54) is 30.2 Å². The van der Waals surface area contributed by atoms with Gasteiger partial charge in [0.1, 0.15) is 5.82 Å². The second-order valence-corrected chi connectivity index (χ2v) is 8.99. The van der Waals surface area contributed by atoms with Crippen LogP contribution in [0.15, 0.2) is 53.4 Å². The molecule has 0 aliphatic carbocycles. The third-order valence-corrected chi connectivity index (χ3v) is 6.00. The van der Waals surface area contributed by atoms with Crippen LogP contribution in [0.25, 0.3) is 0 Å². The van der Waals surface area contributed by atoms with Crippen molar-refractivity contribution in [3.05, 3.63) is 65.5 Å². The summed E-state index contributed by atoms with van der Waals surface area (Å²) < 4.78 is 35.9. The molecule has 1 atom stereocenters. The van der Waals surface area contributed by atoms with Crippen LogP contribution in [-0.2, 0) is 20.4 Å². The number of hydrogen-bond donors (Lipinski definition) is 1. The molecule has 1 N–H and O–H groups in total. The quantitative estimate of drug-likeness (QED) is 0.740. The molecular weight excluding hydrogens is 373 g/mol. The summed E-state index contributed by atoms with van der Waals surface area (Å²) in [7, 11) is -3.23. The molecule has 2 aromatic carbocycles. The molecule has 26 heavy (non-hydrogen) atoms. The van der Waals surface area contributed by atoms with E-state index in [9.17, 15) is 17.6 Å². The smallest absolute Gasteiger partial charge is 0.230 e. The van der Waals surface area contributed by atoms with Crippen LogP contribution in [-0.4, -0.2) is 26.3 Å². The Morgan fingerprint density at radius 3 is 2.27 bits per heavy atom. The minimum atomic E-state index is -3.23. The van der Waals surface area contributed by atoms with E-state index in [1.54, 1.807) is 36.4 Å². The van der Waals surface area contributed by atoms with Gasteiger partial charge < -0.3 is 5.32 Å². The first kappa shape index (κ1) is 20.5. The number of rotatable bonds is 8. The monoisotopic (exact) mass is 395 g/mol. The minimum Gasteiger partial charge on any atom is -0.349 e. The summed E-state index contributed by atoms with van der Waals surface area (Å²) in [5, 5.41) is 2.97. The van der Waals surface area contributed by atoms with Gasteiger partial charge in [0.25, 0.3) is 0 Å². The van der Waals surface area contributed by atoms with Crippen molar-refractivity contribution in [3.8, 4) is 0 Å². The summed E-state index contributed by atoms with van der Waals surface area (Å²) in [5.74, 6) is 0.573. The number of benzene rings is 2. The van der Waals surface area contributed by atoms with Gasteiger partial charge in [-0.3, -0.25) is 4.79 Å². The summed E-state index contributed by atoms with van der Waals surface area (Å²) in [6.07, 6.45) is 1.87. The first-order valence-corrected chi connectivity index (χ1v) is 11.3. The number of hydrogen-bond acceptors (Lipinski definition) is 4. The van der Waals surface area contributed by atoms with Crippen LogP contribution in [0.1, 0.15) is 30.5 Å². The molecule has 0 unspecified atom stereocenters. The molecule has 7 heteroatoms. The molecule has 0 heterocycles. The molecule has 0 radical (unpaired) electrons. The molecule has 1 amide bonds. The zero-order valence-electron chi connectivity index (χ0n) is 14.7. The number of nitrogens with one attached hydrogen (secondary N) is 1. The zero-order valence-corrected chi connectivity index (χ0v) is 16.4. The molecule has 0 saturated heterocycles. The number of halogens is 1. The van der Waals surface area contributed by atoms with Gasteiger partial charge in [0, 0.05) is 12.0 Å². The van der Waals surface area contributed by atoms with E-state index in [2.05, 4.69) is 5.32 Å². The number of amides is 1. The highest BCUT2D eigenvalue weighted by molar-refractivity contribution is 7.99. The van der Waals surface area contributed by atoms with Crippen molar-refractivity contribution in [1.82, 2.24) is 5.32 Å². The van der Waals surface area contributed by atoms with Crippen molar-refractivity contribution in [2.24, 2.45) is 0 Å². The topological polar surface area (TPSA) is 63.2 Å². The Morgan fingerprint density at radius 2 is 1.73 bits per heavy atom. The third-order valence-electron chi connectivity index (χ3n) is 3.87. The SMILES string of the molecule is CC[C@@H](NC(=O)CSCc1ccc(F)cc1)c1ccc(S(C)(=O)=O)cc1. The molecule has 0 aliphatic heterocycles. The van der Waals surface area contributed by atoms with Gasteiger partial charge in [-0.2, -0.15) is 0 Å². The van der Waals surface area contributed by atoms with Gasteiger partial charge in [0.05, 0.1) is 16.7 Å². The van der Waals surface area contributed by atoms with Crippen molar-refractivity contribution in [3.63, 3.8) is 0 Å². The van der Waals surface area contributed by atoms with Crippen LogP contribution in [0.4, 0.5) is 4.39 Å². The van der Waals surface area contributed by atoms with E-state index in [1.807, 2.05) is 6.92 Å². The van der Waals surface area contributed by atoms with Crippen LogP contribution >= 0.6 is 11.8 Å². The average molecular weight is 396 g/mol. The molecule has 0 spiro atoms. The van der Waals surface area contributed by atoms with Gasteiger partial charge in [0.15, 0.2) is 9.84 Å². The van der Waals surface area contributed by atoms with Gasteiger partial charge in [0.2, 0.25) is 5.91 Å². The van der Waals surface area contributed by atoms with E-state index in [-0.39, 0.29) is 22.7 Å². The Labute approximate surface area is 158 Å². The fourth-order valence-electron chi connectivity index (χ4n) is 2.45. The highest BCUT2D eigenvalue weighted by atomic mass is 32.2. The van der Waals surface area contributed by atoms with Crippen molar-refractivity contribution >= 4 is 27.5 Å². The Balaban J connectivity index is 1.88. The molecule has 0 aliphatic rings. The van der Waals surface area contributed by atoms with Gasteiger partial charge in [-0.05, 0) is 41.8 Å². The Bertz CT molecular complexity index is 834. The van der Waals surface area contributed by atoms with Crippen LogP contribution < -0.4 is 5.32 Å². The lowest BCUT2D eigenvalue weighted by molar-refractivity contribution is -0.119. The first-order valence-electron chi connectivity index (χ1n) is 8.21. The molecule has 0 bridgehead atoms. The Morgan fingerprint density at radius 1 is 1.12 bits per heavy atom. The van der Waals surface area contributed by atoms with Crippen molar-refractivity contribution in [1.29, 1.82) is 0 Å². The summed E-state index contributed by atoms with van der Waals surface area (Å²) in [6.45, 7) is 1.96. The summed E-state index contributed by atoms with van der Waals surface area (Å²) in [5.41, 5.74) is 1.84. The number of carbonyl (C=O) groups is 1. The van der Waals surface area contributed by atoms with Crippen molar-refractivity contribution in [2.45, 2.75) is 30.0 Å². The van der Waals surface area contributed by atoms with Crippen LogP contribution in [0.5, 0.6) is 0 Å². The maximum atomic E-state index is 12.9. The fourth-order valence-corrected chi connectivity index (χ4v) is 3.88. The first-order chi connectivity index (χ1) is 12.3. The van der Waals surface area contributed by atoms with E-state index >= 15 is 0 Å². The summed E-state index contributed by atoms with van der Waals surface area (Å²) in [4.78, 5) is 12.4. The largest absolute Gasteiger partial charge is 0.349 e. The average Bonchev–Trinajstić information content (AvgIpc) is 2.61. The van der Waals surface area contributed by atoms with E-state index in [4.69, 9.17) is 0 Å². The molecule has 0 aromatic heterocycles. The highest BCUT2D eigenvalue weighted by Gasteiger charge is 2.14. The van der Waals surface area contributed by atoms with Crippen molar-refractivity contribution < 1.29 is 17.6 Å². The fraction of sp³-hybridized carbons (Fsp3) is 0.316. The molecule has 0 fully saturated rings. The van der Waals surface area contributed by atoms with E-state index in [0.29, 0.717) is 17.9 Å². The highest BCUT2D eigenvalue weighted by Crippen LogP contribution is 2.20. The predicted molar refractivity (Wildman–Crippen MR) is 103 cm³/mol. The second-order valence-electron chi connectivity index (χ2n) is 5.99. The van der Waals surface area contributed by atoms with E-state index < -0.39 is 9.84 Å². The van der Waals surface area contributed by atoms with Crippen LogP contribution in [0.2, 0.25) is 0 Å². The molecule has 4 nitrogen and oxygen atoms in total. The Kier molecular flexibility index (Phi) is 7.23. The van der Waals surface area contributed by atoms with E-state index in [0.717, 1.165) is 11.1 Å². The Hall–Kier alpha value is -1.86. The van der Waals surface area contributed by atoms with Crippen molar-refractivity contribution in [2.75, 3.05) is 12.0 Å². The molecular formula is C19H22FNO3S2.